The summed E-state index contributed by atoms with van der Waals surface area (Å²) in [7, 11) is 0. The molecule has 0 N–H and O–H groups in total. The van der Waals surface area contributed by atoms with Gasteiger partial charge in [0.2, 0.25) is 5.91 Å². The van der Waals surface area contributed by atoms with Gasteiger partial charge in [0, 0.05) is 19.2 Å². The lowest BCUT2D eigenvalue weighted by Crippen LogP contribution is -2.62. The molecule has 24 heavy (non-hydrogen) atoms. The Bertz CT molecular complexity index is 915. The predicted molar refractivity (Wildman–Crippen MR) is 86.9 cm³/mol. The molecule has 0 radical (unpaired) electrons. The molecule has 2 saturated heterocycles. The average Bonchev–Trinajstić information content (AvgIpc) is 2.85. The van der Waals surface area contributed by atoms with E-state index in [9.17, 15) is 19.2 Å². The number of carbonyl (C=O) groups excluding carboxylic acids is 3. The van der Waals surface area contributed by atoms with E-state index < -0.39 is 5.91 Å². The largest absolute Gasteiger partial charge is 0.451 e. The van der Waals surface area contributed by atoms with Gasteiger partial charge < -0.3 is 9.32 Å². The summed E-state index contributed by atoms with van der Waals surface area (Å²) in [6.07, 6.45) is 0. The molecule has 0 unspecified atom stereocenters. The molecule has 0 atom stereocenters. The van der Waals surface area contributed by atoms with Crippen LogP contribution in [0.2, 0.25) is 0 Å². The second-order valence-electron chi connectivity index (χ2n) is 5.65. The van der Waals surface area contributed by atoms with Crippen molar-refractivity contribution in [1.29, 1.82) is 0 Å². The van der Waals surface area contributed by atoms with Crippen LogP contribution >= 0.6 is 11.8 Å². The minimum atomic E-state index is -0.416. The third kappa shape index (κ3) is 2.30. The van der Waals surface area contributed by atoms with Crippen LogP contribution in [0.4, 0.5) is 4.79 Å². The van der Waals surface area contributed by atoms with E-state index in [2.05, 4.69) is 0 Å². The molecule has 3 amide bonds. The number of likely N-dealkylation sites (tertiary alicyclic amines) is 1. The minimum Gasteiger partial charge on any atom is -0.451 e. The number of fused-ring (bicyclic) bond motifs is 1. The number of rotatable bonds is 2. The summed E-state index contributed by atoms with van der Waals surface area (Å²) < 4.78 is 5.52. The van der Waals surface area contributed by atoms with E-state index >= 15 is 0 Å². The lowest BCUT2D eigenvalue weighted by molar-refractivity contribution is -0.128. The minimum absolute atomic E-state index is 0.0365. The zero-order valence-corrected chi connectivity index (χ0v) is 13.2. The third-order valence-corrected chi connectivity index (χ3v) is 4.98. The smallest absolute Gasteiger partial charge is 0.289 e. The van der Waals surface area contributed by atoms with Crippen molar-refractivity contribution in [3.05, 3.63) is 46.3 Å². The summed E-state index contributed by atoms with van der Waals surface area (Å²) in [6.45, 7) is 0.515. The molecule has 0 aliphatic carbocycles. The van der Waals surface area contributed by atoms with Crippen LogP contribution in [-0.2, 0) is 4.79 Å². The first-order valence-electron chi connectivity index (χ1n) is 7.35. The molecular formula is C16H12N2O5S. The Balaban J connectivity index is 1.53. The van der Waals surface area contributed by atoms with Gasteiger partial charge in [0.1, 0.15) is 5.58 Å². The third-order valence-electron chi connectivity index (χ3n) is 4.14. The average molecular weight is 344 g/mol. The highest BCUT2D eigenvalue weighted by molar-refractivity contribution is 8.14. The second-order valence-corrected chi connectivity index (χ2v) is 6.58. The van der Waals surface area contributed by atoms with Gasteiger partial charge in [-0.15, -0.1) is 0 Å². The maximum absolute atomic E-state index is 12.4. The van der Waals surface area contributed by atoms with E-state index in [0.29, 0.717) is 11.0 Å². The van der Waals surface area contributed by atoms with Gasteiger partial charge in [0.25, 0.3) is 11.1 Å². The van der Waals surface area contributed by atoms with Gasteiger partial charge >= 0.3 is 0 Å². The van der Waals surface area contributed by atoms with E-state index in [0.717, 1.165) is 11.8 Å². The van der Waals surface area contributed by atoms with Crippen molar-refractivity contribution in [3.63, 3.8) is 0 Å². The van der Waals surface area contributed by atoms with Crippen molar-refractivity contribution in [2.24, 2.45) is 0 Å². The van der Waals surface area contributed by atoms with Crippen molar-refractivity contribution in [2.75, 3.05) is 18.8 Å². The van der Waals surface area contributed by atoms with Crippen LogP contribution in [0, 0.1) is 0 Å². The first-order chi connectivity index (χ1) is 11.5. The van der Waals surface area contributed by atoms with Gasteiger partial charge in [0.15, 0.2) is 11.2 Å². The fourth-order valence-electron chi connectivity index (χ4n) is 2.87. The normalized spacial score (nSPS) is 18.3. The van der Waals surface area contributed by atoms with E-state index in [-0.39, 0.29) is 47.2 Å². The Morgan fingerprint density at radius 1 is 1.17 bits per heavy atom. The van der Waals surface area contributed by atoms with E-state index in [1.165, 1.54) is 15.9 Å². The van der Waals surface area contributed by atoms with Gasteiger partial charge in [-0.05, 0) is 12.1 Å². The standard InChI is InChI=1S/C16H12N2O5S/c19-11-5-13(23-12-4-2-1-3-10(11)12)15(21)17-6-9(7-17)18-14(20)8-24-16(18)22/h1-5,9H,6-8H2. The molecule has 0 saturated carbocycles. The Kier molecular flexibility index (Phi) is 3.42. The lowest BCUT2D eigenvalue weighted by atomic mass is 10.1. The number of benzene rings is 1. The van der Waals surface area contributed by atoms with Crippen LogP contribution in [0.3, 0.4) is 0 Å². The fraction of sp³-hybridized carbons (Fsp3) is 0.250. The molecule has 2 aromatic rings. The lowest BCUT2D eigenvalue weighted by Gasteiger charge is -2.42. The van der Waals surface area contributed by atoms with Crippen LogP contribution in [0.25, 0.3) is 11.0 Å². The van der Waals surface area contributed by atoms with Gasteiger partial charge in [-0.3, -0.25) is 24.1 Å². The van der Waals surface area contributed by atoms with Gasteiger partial charge in [-0.2, -0.15) is 0 Å². The van der Waals surface area contributed by atoms with Crippen molar-refractivity contribution >= 4 is 39.8 Å². The summed E-state index contributed by atoms with van der Waals surface area (Å²) in [4.78, 5) is 50.5. The summed E-state index contributed by atoms with van der Waals surface area (Å²) in [5.41, 5.74) is 0.0743. The number of hydrogen-bond acceptors (Lipinski definition) is 6. The molecule has 3 heterocycles. The molecule has 0 bridgehead atoms. The number of thioether (sulfide) groups is 1. The molecule has 2 fully saturated rings. The van der Waals surface area contributed by atoms with Gasteiger partial charge in [-0.1, -0.05) is 23.9 Å². The van der Waals surface area contributed by atoms with Crippen molar-refractivity contribution in [3.8, 4) is 0 Å². The monoisotopic (exact) mass is 344 g/mol. The quantitative estimate of drug-likeness (QED) is 0.816. The van der Waals surface area contributed by atoms with E-state index in [4.69, 9.17) is 4.42 Å². The van der Waals surface area contributed by atoms with Gasteiger partial charge in [-0.25, -0.2) is 0 Å². The highest BCUT2D eigenvalue weighted by Crippen LogP contribution is 2.27. The van der Waals surface area contributed by atoms with Crippen LogP contribution in [0.1, 0.15) is 10.6 Å². The zero-order chi connectivity index (χ0) is 16.8. The number of amides is 3. The number of para-hydroxylation sites is 1. The highest BCUT2D eigenvalue weighted by atomic mass is 32.2. The van der Waals surface area contributed by atoms with Crippen molar-refractivity contribution in [2.45, 2.75) is 6.04 Å². The SMILES string of the molecule is O=C(c1cc(=O)c2ccccc2o1)N1CC(N2C(=O)CSC2=O)C1. The highest BCUT2D eigenvalue weighted by Gasteiger charge is 2.43. The fourth-order valence-corrected chi connectivity index (χ4v) is 3.64. The molecule has 8 heteroatoms. The molecule has 0 spiro atoms. The van der Waals surface area contributed by atoms with Crippen molar-refractivity contribution in [1.82, 2.24) is 9.80 Å². The molecule has 2 aliphatic heterocycles. The maximum atomic E-state index is 12.4. The predicted octanol–water partition coefficient (Wildman–Crippen LogP) is 1.31. The Morgan fingerprint density at radius 2 is 1.92 bits per heavy atom. The number of hydrogen-bond donors (Lipinski definition) is 0. The Hall–Kier alpha value is -2.61. The zero-order valence-electron chi connectivity index (χ0n) is 12.4. The summed E-state index contributed by atoms with van der Waals surface area (Å²) in [6, 6.07) is 7.60. The molecule has 7 nitrogen and oxygen atoms in total. The number of imide groups is 1. The summed E-state index contributed by atoms with van der Waals surface area (Å²) in [5, 5.41) is 0.148. The maximum Gasteiger partial charge on any atom is 0.289 e. The number of nitrogens with zero attached hydrogens (tertiary/aromatic N) is 2. The van der Waals surface area contributed by atoms with Crippen molar-refractivity contribution < 1.29 is 18.8 Å². The van der Waals surface area contributed by atoms with Crippen LogP contribution < -0.4 is 5.43 Å². The van der Waals surface area contributed by atoms with Gasteiger partial charge in [0.05, 0.1) is 17.2 Å². The second kappa shape index (κ2) is 5.48. The molecule has 122 valence electrons. The summed E-state index contributed by atoms with van der Waals surface area (Å²) >= 11 is 0.975. The topological polar surface area (TPSA) is 87.9 Å². The van der Waals surface area contributed by atoms with Crippen LogP contribution in [0.15, 0.2) is 39.5 Å². The Morgan fingerprint density at radius 3 is 2.62 bits per heavy atom. The van der Waals surface area contributed by atoms with Crippen LogP contribution in [0.5, 0.6) is 0 Å². The molecule has 1 aromatic carbocycles. The molecular weight excluding hydrogens is 332 g/mol. The molecule has 4 rings (SSSR count). The first-order valence-corrected chi connectivity index (χ1v) is 8.34. The Labute approximate surface area is 140 Å². The first kappa shape index (κ1) is 14.9. The molecule has 2 aliphatic rings. The van der Waals surface area contributed by atoms with Crippen LogP contribution in [-0.4, -0.2) is 51.7 Å². The molecule has 1 aromatic heterocycles. The number of carbonyl (C=O) groups is 3. The van der Waals surface area contributed by atoms with E-state index in [1.807, 2.05) is 0 Å². The van der Waals surface area contributed by atoms with E-state index in [1.54, 1.807) is 24.3 Å². The summed E-state index contributed by atoms with van der Waals surface area (Å²) in [5.74, 6) is -0.520.